The van der Waals surface area contributed by atoms with Crippen LogP contribution in [0.3, 0.4) is 0 Å². The molecule has 0 radical (unpaired) electrons. The molecule has 0 atom stereocenters. The highest BCUT2D eigenvalue weighted by Gasteiger charge is 2.11. The number of benzene rings is 1. The molecule has 0 aliphatic rings. The van der Waals surface area contributed by atoms with Crippen LogP contribution in [-0.4, -0.2) is 26.9 Å². The number of rotatable bonds is 5. The molecule has 0 amide bonds. The lowest BCUT2D eigenvalue weighted by atomic mass is 10.3. The van der Waals surface area contributed by atoms with Crippen molar-refractivity contribution in [3.05, 3.63) is 63.2 Å². The molecule has 0 saturated heterocycles. The summed E-state index contributed by atoms with van der Waals surface area (Å²) in [7, 11) is 1.55. The largest absolute Gasteiger partial charge is 0.378 e. The van der Waals surface area contributed by atoms with Crippen LogP contribution in [0.25, 0.3) is 5.95 Å². The van der Waals surface area contributed by atoms with Crippen LogP contribution in [0, 0.1) is 6.92 Å². The van der Waals surface area contributed by atoms with E-state index in [1.165, 1.54) is 6.07 Å². The van der Waals surface area contributed by atoms with Gasteiger partial charge in [-0.05, 0) is 31.2 Å². The minimum absolute atomic E-state index is 0.247. The monoisotopic (exact) mass is 345 g/mol. The first-order valence-electron chi connectivity index (χ1n) is 7.24. The van der Waals surface area contributed by atoms with E-state index in [-0.39, 0.29) is 12.2 Å². The second kappa shape index (κ2) is 6.86. The molecule has 3 rings (SSSR count). The zero-order valence-electron chi connectivity index (χ0n) is 13.2. The van der Waals surface area contributed by atoms with E-state index < -0.39 is 0 Å². The molecule has 2 aromatic heterocycles. The minimum atomic E-state index is -0.266. The number of H-pyrrole nitrogens is 1. The van der Waals surface area contributed by atoms with Gasteiger partial charge in [0.2, 0.25) is 5.95 Å². The molecule has 0 saturated carbocycles. The van der Waals surface area contributed by atoms with Crippen LogP contribution in [-0.2, 0) is 11.3 Å². The summed E-state index contributed by atoms with van der Waals surface area (Å²) in [4.78, 5) is 18.9. The van der Waals surface area contributed by atoms with Gasteiger partial charge >= 0.3 is 0 Å². The van der Waals surface area contributed by atoms with E-state index in [0.29, 0.717) is 22.5 Å². The van der Waals surface area contributed by atoms with E-state index in [9.17, 15) is 4.79 Å². The van der Waals surface area contributed by atoms with Crippen molar-refractivity contribution in [2.45, 2.75) is 13.5 Å². The smallest absolute Gasteiger partial charge is 0.252 e. The summed E-state index contributed by atoms with van der Waals surface area (Å²) >= 11 is 5.90. The number of ether oxygens (including phenoxy) is 1. The standard InChI is InChI=1S/C16H16ClN5O2/c1-10-7-14(18-12-5-3-11(17)4-6-12)22(21-10)16-19-13(9-24-2)8-15(23)20-16/h3-8,18H,9H2,1-2H3,(H,19,20,23). The van der Waals surface area contributed by atoms with E-state index in [1.807, 2.05) is 25.1 Å². The van der Waals surface area contributed by atoms with Gasteiger partial charge in [0.15, 0.2) is 0 Å². The normalized spacial score (nSPS) is 10.8. The zero-order chi connectivity index (χ0) is 17.1. The second-order valence-corrected chi connectivity index (χ2v) is 5.64. The number of aromatic amines is 1. The minimum Gasteiger partial charge on any atom is -0.378 e. The quantitative estimate of drug-likeness (QED) is 0.742. The zero-order valence-corrected chi connectivity index (χ0v) is 14.0. The number of nitrogens with zero attached hydrogens (tertiary/aromatic N) is 3. The molecule has 0 bridgehead atoms. The molecular formula is C16H16ClN5O2. The number of aryl methyl sites for hydroxylation is 1. The molecule has 0 aliphatic carbocycles. The van der Waals surface area contributed by atoms with E-state index in [0.717, 1.165) is 11.4 Å². The Labute approximate surface area is 143 Å². The van der Waals surface area contributed by atoms with E-state index in [1.54, 1.807) is 23.9 Å². The fourth-order valence-electron chi connectivity index (χ4n) is 2.25. The van der Waals surface area contributed by atoms with Gasteiger partial charge in [-0.15, -0.1) is 0 Å². The Morgan fingerprint density at radius 3 is 2.75 bits per heavy atom. The fourth-order valence-corrected chi connectivity index (χ4v) is 2.37. The van der Waals surface area contributed by atoms with Crippen LogP contribution >= 0.6 is 11.6 Å². The van der Waals surface area contributed by atoms with Crippen molar-refractivity contribution in [2.24, 2.45) is 0 Å². The molecule has 7 nitrogen and oxygen atoms in total. The Hall–Kier alpha value is -2.64. The Morgan fingerprint density at radius 1 is 1.29 bits per heavy atom. The van der Waals surface area contributed by atoms with Gasteiger partial charge in [0, 0.05) is 30.0 Å². The maximum Gasteiger partial charge on any atom is 0.252 e. The molecule has 2 N–H and O–H groups in total. The van der Waals surface area contributed by atoms with Gasteiger partial charge in [0.25, 0.3) is 5.56 Å². The highest BCUT2D eigenvalue weighted by atomic mass is 35.5. The van der Waals surface area contributed by atoms with Gasteiger partial charge in [0.05, 0.1) is 18.0 Å². The maximum atomic E-state index is 11.8. The lowest BCUT2D eigenvalue weighted by Gasteiger charge is -2.10. The first-order valence-corrected chi connectivity index (χ1v) is 7.62. The maximum absolute atomic E-state index is 11.8. The molecule has 8 heteroatoms. The molecule has 1 aromatic carbocycles. The van der Waals surface area contributed by atoms with Crippen LogP contribution in [0.4, 0.5) is 11.5 Å². The highest BCUT2D eigenvalue weighted by Crippen LogP contribution is 2.21. The summed E-state index contributed by atoms with van der Waals surface area (Å²) in [6.45, 7) is 2.11. The fraction of sp³-hybridized carbons (Fsp3) is 0.188. The molecule has 0 spiro atoms. The third-order valence-corrected chi connectivity index (χ3v) is 3.48. The van der Waals surface area contributed by atoms with Crippen molar-refractivity contribution in [3.63, 3.8) is 0 Å². The van der Waals surface area contributed by atoms with Crippen molar-refractivity contribution in [2.75, 3.05) is 12.4 Å². The molecule has 0 aliphatic heterocycles. The molecule has 3 aromatic rings. The summed E-state index contributed by atoms with van der Waals surface area (Å²) in [6.07, 6.45) is 0. The van der Waals surface area contributed by atoms with Gasteiger partial charge in [-0.1, -0.05) is 11.6 Å². The van der Waals surface area contributed by atoms with Gasteiger partial charge in [-0.2, -0.15) is 9.78 Å². The van der Waals surface area contributed by atoms with Crippen LogP contribution in [0.15, 0.2) is 41.2 Å². The first kappa shape index (κ1) is 16.2. The van der Waals surface area contributed by atoms with Crippen molar-refractivity contribution < 1.29 is 4.74 Å². The van der Waals surface area contributed by atoms with Crippen LogP contribution < -0.4 is 10.9 Å². The predicted molar refractivity (Wildman–Crippen MR) is 92.2 cm³/mol. The van der Waals surface area contributed by atoms with Gasteiger partial charge in [-0.3, -0.25) is 9.78 Å². The number of methoxy groups -OCH3 is 1. The number of halogens is 1. The van der Waals surface area contributed by atoms with Crippen molar-refractivity contribution in [1.82, 2.24) is 19.7 Å². The van der Waals surface area contributed by atoms with E-state index in [2.05, 4.69) is 20.4 Å². The molecule has 24 heavy (non-hydrogen) atoms. The summed E-state index contributed by atoms with van der Waals surface area (Å²) in [5.41, 5.74) is 1.89. The third kappa shape index (κ3) is 3.64. The van der Waals surface area contributed by atoms with Gasteiger partial charge in [-0.25, -0.2) is 4.98 Å². The number of anilines is 2. The Bertz CT molecular complexity index is 902. The van der Waals surface area contributed by atoms with Crippen LogP contribution in [0.5, 0.6) is 0 Å². The van der Waals surface area contributed by atoms with Crippen molar-refractivity contribution in [1.29, 1.82) is 0 Å². The number of nitrogens with one attached hydrogen (secondary N) is 2. The molecule has 0 unspecified atom stereocenters. The number of hydrogen-bond donors (Lipinski definition) is 2. The van der Waals surface area contributed by atoms with Gasteiger partial charge in [0.1, 0.15) is 5.82 Å². The second-order valence-electron chi connectivity index (χ2n) is 5.21. The van der Waals surface area contributed by atoms with E-state index in [4.69, 9.17) is 16.3 Å². The summed E-state index contributed by atoms with van der Waals surface area (Å²) in [6, 6.07) is 10.5. The average molecular weight is 346 g/mol. The Kier molecular flexibility index (Phi) is 4.64. The summed E-state index contributed by atoms with van der Waals surface area (Å²) in [5.74, 6) is 0.992. The summed E-state index contributed by atoms with van der Waals surface area (Å²) < 4.78 is 6.59. The lowest BCUT2D eigenvalue weighted by Crippen LogP contribution is -2.16. The molecule has 0 fully saturated rings. The topological polar surface area (TPSA) is 84.8 Å². The molecule has 2 heterocycles. The number of aromatic nitrogens is 4. The van der Waals surface area contributed by atoms with Crippen LogP contribution in [0.1, 0.15) is 11.4 Å². The van der Waals surface area contributed by atoms with Crippen LogP contribution in [0.2, 0.25) is 5.02 Å². The van der Waals surface area contributed by atoms with Crippen molar-refractivity contribution in [3.8, 4) is 5.95 Å². The average Bonchev–Trinajstić information content (AvgIpc) is 2.90. The lowest BCUT2D eigenvalue weighted by molar-refractivity contribution is 0.181. The third-order valence-electron chi connectivity index (χ3n) is 3.22. The van der Waals surface area contributed by atoms with E-state index >= 15 is 0 Å². The SMILES string of the molecule is COCc1cc(=O)[nH]c(-n2nc(C)cc2Nc2ccc(Cl)cc2)n1. The Balaban J connectivity index is 2.00. The highest BCUT2D eigenvalue weighted by molar-refractivity contribution is 6.30. The Morgan fingerprint density at radius 2 is 2.04 bits per heavy atom. The summed E-state index contributed by atoms with van der Waals surface area (Å²) in [5, 5.41) is 8.29. The number of hydrogen-bond acceptors (Lipinski definition) is 5. The molecular weight excluding hydrogens is 330 g/mol. The predicted octanol–water partition coefficient (Wildman–Crippen LogP) is 2.81. The first-order chi connectivity index (χ1) is 11.5. The van der Waals surface area contributed by atoms with Crippen molar-refractivity contribution >= 4 is 23.1 Å². The van der Waals surface area contributed by atoms with Gasteiger partial charge < -0.3 is 10.1 Å². The molecule has 124 valence electrons.